The minimum absolute atomic E-state index is 0.00575. The molecule has 0 saturated carbocycles. The lowest BCUT2D eigenvalue weighted by molar-refractivity contribution is 0.0710. The molecule has 0 spiro atoms. The summed E-state index contributed by atoms with van der Waals surface area (Å²) >= 11 is 1.43. The Balaban J connectivity index is 2.18. The van der Waals surface area contributed by atoms with Gasteiger partial charge < -0.3 is 4.90 Å². The number of amides is 1. The molecule has 0 aliphatic rings. The van der Waals surface area contributed by atoms with Crippen LogP contribution in [0.3, 0.4) is 0 Å². The number of carbonyl (C=O) groups excluding carboxylic acids is 1. The number of aromatic nitrogens is 3. The summed E-state index contributed by atoms with van der Waals surface area (Å²) in [6.45, 7) is 9.96. The highest BCUT2D eigenvalue weighted by Crippen LogP contribution is 2.22. The number of rotatable bonds is 6. The van der Waals surface area contributed by atoms with Gasteiger partial charge >= 0.3 is 0 Å². The number of carbonyl (C=O) groups is 1. The van der Waals surface area contributed by atoms with Crippen LogP contribution in [0.15, 0.2) is 24.0 Å². The molecule has 2 aromatic heterocycles. The molecule has 0 saturated heterocycles. The minimum atomic E-state index is -0.00575. The first-order valence-corrected chi connectivity index (χ1v) is 8.36. The van der Waals surface area contributed by atoms with Gasteiger partial charge in [0.25, 0.3) is 5.91 Å². The van der Waals surface area contributed by atoms with Gasteiger partial charge in [-0.2, -0.15) is 0 Å². The number of hydrogen-bond donors (Lipinski definition) is 0. The van der Waals surface area contributed by atoms with Crippen LogP contribution < -0.4 is 0 Å². The number of nitrogens with zero attached hydrogens (tertiary/aromatic N) is 4. The van der Waals surface area contributed by atoms with Crippen LogP contribution in [0.1, 0.15) is 38.2 Å². The third-order valence-electron chi connectivity index (χ3n) is 2.96. The van der Waals surface area contributed by atoms with E-state index < -0.39 is 0 Å². The molecule has 0 unspecified atom stereocenters. The molecule has 1 amide bonds. The lowest BCUT2D eigenvalue weighted by Gasteiger charge is -2.25. The van der Waals surface area contributed by atoms with E-state index in [9.17, 15) is 4.79 Å². The molecule has 0 atom stereocenters. The fourth-order valence-corrected chi connectivity index (χ4v) is 2.94. The van der Waals surface area contributed by atoms with Gasteiger partial charge in [0.15, 0.2) is 0 Å². The van der Waals surface area contributed by atoms with Crippen molar-refractivity contribution >= 4 is 17.2 Å². The van der Waals surface area contributed by atoms with Gasteiger partial charge in [-0.25, -0.2) is 4.98 Å². The van der Waals surface area contributed by atoms with E-state index in [-0.39, 0.29) is 5.91 Å². The Kier molecular flexibility index (Phi) is 5.60. The molecular weight excluding hydrogens is 296 g/mol. The molecule has 118 valence electrons. The molecule has 2 heterocycles. The molecule has 0 fully saturated rings. The highest BCUT2D eigenvalue weighted by Gasteiger charge is 2.21. The Hall–Kier alpha value is -1.82. The average Bonchev–Trinajstić information content (AvgIpc) is 2.95. The molecule has 0 radical (unpaired) electrons. The second-order valence-corrected chi connectivity index (χ2v) is 6.98. The quantitative estimate of drug-likeness (QED) is 0.819. The van der Waals surface area contributed by atoms with Crippen LogP contribution in [0.5, 0.6) is 0 Å². The van der Waals surface area contributed by atoms with E-state index in [0.29, 0.717) is 23.2 Å². The fourth-order valence-electron chi connectivity index (χ4n) is 2.18. The second-order valence-electron chi connectivity index (χ2n) is 6.13. The van der Waals surface area contributed by atoms with Crippen molar-refractivity contribution in [3.63, 3.8) is 0 Å². The molecule has 0 aliphatic carbocycles. The summed E-state index contributed by atoms with van der Waals surface area (Å²) < 4.78 is 0. The van der Waals surface area contributed by atoms with E-state index in [4.69, 9.17) is 0 Å². The average molecular weight is 318 g/mol. The maximum Gasteiger partial charge on any atom is 0.273 e. The van der Waals surface area contributed by atoms with Crippen LogP contribution in [-0.2, 0) is 0 Å². The van der Waals surface area contributed by atoms with Gasteiger partial charge in [0.1, 0.15) is 16.4 Å². The molecule has 5 nitrogen and oxygen atoms in total. The third kappa shape index (κ3) is 4.34. The molecule has 2 rings (SSSR count). The first-order valence-electron chi connectivity index (χ1n) is 7.48. The summed E-state index contributed by atoms with van der Waals surface area (Å²) in [6, 6.07) is 0. The van der Waals surface area contributed by atoms with Gasteiger partial charge in [-0.05, 0) is 11.8 Å². The summed E-state index contributed by atoms with van der Waals surface area (Å²) in [5, 5.41) is 2.53. The van der Waals surface area contributed by atoms with Gasteiger partial charge in [0.05, 0.1) is 6.20 Å². The highest BCUT2D eigenvalue weighted by molar-refractivity contribution is 7.13. The van der Waals surface area contributed by atoms with Gasteiger partial charge in [0.2, 0.25) is 0 Å². The Morgan fingerprint density at radius 2 is 1.86 bits per heavy atom. The van der Waals surface area contributed by atoms with E-state index in [0.717, 1.165) is 18.1 Å². The topological polar surface area (TPSA) is 59.0 Å². The van der Waals surface area contributed by atoms with E-state index >= 15 is 0 Å². The summed E-state index contributed by atoms with van der Waals surface area (Å²) in [6.07, 6.45) is 4.91. The smallest absolute Gasteiger partial charge is 0.273 e. The van der Waals surface area contributed by atoms with E-state index in [1.165, 1.54) is 11.3 Å². The third-order valence-corrected chi connectivity index (χ3v) is 3.83. The zero-order chi connectivity index (χ0) is 16.1. The Labute approximate surface area is 135 Å². The molecule has 6 heteroatoms. The van der Waals surface area contributed by atoms with Crippen molar-refractivity contribution in [2.75, 3.05) is 13.1 Å². The van der Waals surface area contributed by atoms with Crippen molar-refractivity contribution in [3.8, 4) is 10.7 Å². The van der Waals surface area contributed by atoms with Gasteiger partial charge in [-0.3, -0.25) is 14.8 Å². The van der Waals surface area contributed by atoms with Crippen molar-refractivity contribution in [2.24, 2.45) is 11.8 Å². The Morgan fingerprint density at radius 1 is 1.18 bits per heavy atom. The number of hydrogen-bond acceptors (Lipinski definition) is 5. The maximum absolute atomic E-state index is 12.7. The molecule has 0 aliphatic heterocycles. The summed E-state index contributed by atoms with van der Waals surface area (Å²) in [5.74, 6) is 0.857. The van der Waals surface area contributed by atoms with Gasteiger partial charge in [0, 0.05) is 30.9 Å². The predicted octanol–water partition coefficient (Wildman–Crippen LogP) is 3.35. The first-order chi connectivity index (χ1) is 10.5. The molecule has 2 aromatic rings. The van der Waals surface area contributed by atoms with Crippen molar-refractivity contribution in [3.05, 3.63) is 29.7 Å². The lowest BCUT2D eigenvalue weighted by Crippen LogP contribution is -2.37. The van der Waals surface area contributed by atoms with Crippen LogP contribution in [-0.4, -0.2) is 38.8 Å². The zero-order valence-electron chi connectivity index (χ0n) is 13.5. The van der Waals surface area contributed by atoms with E-state index in [2.05, 4.69) is 42.6 Å². The summed E-state index contributed by atoms with van der Waals surface area (Å²) in [7, 11) is 0. The van der Waals surface area contributed by atoms with Crippen LogP contribution in [0, 0.1) is 11.8 Å². The molecule has 22 heavy (non-hydrogen) atoms. The zero-order valence-corrected chi connectivity index (χ0v) is 14.3. The Bertz CT molecular complexity index is 600. The minimum Gasteiger partial charge on any atom is -0.337 e. The standard InChI is InChI=1S/C16H22N4OS/c1-11(2)8-20(9-12(3)4)16(21)14-10-22-15(19-14)13-7-17-5-6-18-13/h5-7,10-12H,8-9H2,1-4H3. The van der Waals surface area contributed by atoms with Crippen molar-refractivity contribution < 1.29 is 4.79 Å². The van der Waals surface area contributed by atoms with Gasteiger partial charge in [-0.1, -0.05) is 27.7 Å². The SMILES string of the molecule is CC(C)CN(CC(C)C)C(=O)c1csc(-c2cnccn2)n1. The predicted molar refractivity (Wildman–Crippen MR) is 88.7 cm³/mol. The molecule has 0 aromatic carbocycles. The maximum atomic E-state index is 12.7. The second kappa shape index (κ2) is 7.45. The van der Waals surface area contributed by atoms with Crippen LogP contribution in [0.2, 0.25) is 0 Å². The monoisotopic (exact) mass is 318 g/mol. The molecular formula is C16H22N4OS. The summed E-state index contributed by atoms with van der Waals surface area (Å²) in [5.41, 5.74) is 1.19. The number of thiazole rings is 1. The Morgan fingerprint density at radius 3 is 2.41 bits per heavy atom. The summed E-state index contributed by atoms with van der Waals surface area (Å²) in [4.78, 5) is 27.3. The normalized spacial score (nSPS) is 11.2. The van der Waals surface area contributed by atoms with Crippen molar-refractivity contribution in [1.29, 1.82) is 0 Å². The molecule has 0 N–H and O–H groups in total. The largest absolute Gasteiger partial charge is 0.337 e. The van der Waals surface area contributed by atoms with Crippen LogP contribution in [0.25, 0.3) is 10.7 Å². The first kappa shape index (κ1) is 16.5. The van der Waals surface area contributed by atoms with Gasteiger partial charge in [-0.15, -0.1) is 11.3 Å². The van der Waals surface area contributed by atoms with Crippen LogP contribution in [0.4, 0.5) is 0 Å². The van der Waals surface area contributed by atoms with Crippen molar-refractivity contribution in [2.45, 2.75) is 27.7 Å². The highest BCUT2D eigenvalue weighted by atomic mass is 32.1. The van der Waals surface area contributed by atoms with Crippen LogP contribution >= 0.6 is 11.3 Å². The lowest BCUT2D eigenvalue weighted by atomic mass is 10.1. The van der Waals surface area contributed by atoms with E-state index in [1.54, 1.807) is 24.0 Å². The fraction of sp³-hybridized carbons (Fsp3) is 0.500. The van der Waals surface area contributed by atoms with Crippen molar-refractivity contribution in [1.82, 2.24) is 19.9 Å². The van der Waals surface area contributed by atoms with E-state index in [1.807, 2.05) is 4.90 Å². The molecule has 0 bridgehead atoms.